The summed E-state index contributed by atoms with van der Waals surface area (Å²) < 4.78 is 0. The van der Waals surface area contributed by atoms with Gasteiger partial charge in [0, 0.05) is 22.5 Å². The molecule has 0 bridgehead atoms. The van der Waals surface area contributed by atoms with Gasteiger partial charge in [0.2, 0.25) is 5.91 Å². The summed E-state index contributed by atoms with van der Waals surface area (Å²) in [6.45, 7) is 0. The van der Waals surface area contributed by atoms with Gasteiger partial charge in [0.15, 0.2) is 0 Å². The zero-order valence-corrected chi connectivity index (χ0v) is 12.0. The minimum Gasteiger partial charge on any atom is -0.326 e. The topological polar surface area (TPSA) is 42.0 Å². The van der Waals surface area contributed by atoms with Gasteiger partial charge in [-0.05, 0) is 30.5 Å². The van der Waals surface area contributed by atoms with E-state index in [1.165, 1.54) is 30.7 Å². The van der Waals surface area contributed by atoms with Crippen molar-refractivity contribution in [3.63, 3.8) is 0 Å². The molecule has 1 aromatic carbocycles. The number of anilines is 1. The molecule has 1 saturated carbocycles. The van der Waals surface area contributed by atoms with E-state index in [1.54, 1.807) is 11.3 Å². The molecule has 2 aromatic rings. The van der Waals surface area contributed by atoms with Crippen LogP contribution in [0.15, 0.2) is 23.6 Å². The number of nitrogens with one attached hydrogen (secondary N) is 1. The Hall–Kier alpha value is -1.68. The third-order valence-electron chi connectivity index (χ3n) is 4.25. The molecule has 3 nitrogen and oxygen atoms in total. The van der Waals surface area contributed by atoms with E-state index < -0.39 is 0 Å². The standard InChI is InChI=1S/C16H16N2OS/c19-15-8-12-7-11(5-6-13(12)17-15)14-9-20-16(18-14)10-3-1-2-4-10/h5-7,9-10H,1-4,8H2,(H,17,19). The maximum Gasteiger partial charge on any atom is 0.228 e. The smallest absolute Gasteiger partial charge is 0.228 e. The molecule has 1 fully saturated rings. The van der Waals surface area contributed by atoms with E-state index in [1.807, 2.05) is 6.07 Å². The Kier molecular flexibility index (Phi) is 2.84. The van der Waals surface area contributed by atoms with Crippen molar-refractivity contribution >= 4 is 22.9 Å². The molecule has 20 heavy (non-hydrogen) atoms. The third-order valence-corrected chi connectivity index (χ3v) is 5.26. The van der Waals surface area contributed by atoms with Crippen molar-refractivity contribution in [1.29, 1.82) is 0 Å². The zero-order valence-electron chi connectivity index (χ0n) is 11.2. The van der Waals surface area contributed by atoms with Gasteiger partial charge in [0.05, 0.1) is 17.1 Å². The third kappa shape index (κ3) is 2.04. The Morgan fingerprint density at radius 3 is 2.95 bits per heavy atom. The minimum absolute atomic E-state index is 0.0853. The number of aromatic nitrogens is 1. The highest BCUT2D eigenvalue weighted by atomic mass is 32.1. The quantitative estimate of drug-likeness (QED) is 0.907. The molecule has 0 spiro atoms. The average molecular weight is 284 g/mol. The summed E-state index contributed by atoms with van der Waals surface area (Å²) in [5.41, 5.74) is 4.22. The molecule has 2 heterocycles. The monoisotopic (exact) mass is 284 g/mol. The SMILES string of the molecule is O=C1Cc2cc(-c3csc(C4CCCC4)n3)ccc2N1. The van der Waals surface area contributed by atoms with Crippen molar-refractivity contribution in [2.75, 3.05) is 5.32 Å². The zero-order chi connectivity index (χ0) is 13.5. The van der Waals surface area contributed by atoms with E-state index in [0.717, 1.165) is 22.5 Å². The second-order valence-electron chi connectivity index (χ2n) is 5.65. The van der Waals surface area contributed by atoms with Gasteiger partial charge in [0.25, 0.3) is 0 Å². The van der Waals surface area contributed by atoms with Crippen LogP contribution in [0.25, 0.3) is 11.3 Å². The van der Waals surface area contributed by atoms with E-state index in [0.29, 0.717) is 12.3 Å². The summed E-state index contributed by atoms with van der Waals surface area (Å²) >= 11 is 1.78. The molecule has 1 aliphatic heterocycles. The van der Waals surface area contributed by atoms with Crippen LogP contribution in [-0.2, 0) is 11.2 Å². The molecule has 0 radical (unpaired) electrons. The molecule has 1 aromatic heterocycles. The minimum atomic E-state index is 0.0853. The van der Waals surface area contributed by atoms with Crippen LogP contribution in [0.2, 0.25) is 0 Å². The Balaban J connectivity index is 1.64. The van der Waals surface area contributed by atoms with Gasteiger partial charge < -0.3 is 5.32 Å². The van der Waals surface area contributed by atoms with Crippen molar-refractivity contribution in [2.45, 2.75) is 38.0 Å². The number of carbonyl (C=O) groups excluding carboxylic acids is 1. The number of amides is 1. The van der Waals surface area contributed by atoms with Gasteiger partial charge in [0.1, 0.15) is 0 Å². The first-order chi connectivity index (χ1) is 9.79. The number of thiazole rings is 1. The Morgan fingerprint density at radius 2 is 2.10 bits per heavy atom. The Morgan fingerprint density at radius 1 is 1.25 bits per heavy atom. The maximum absolute atomic E-state index is 11.4. The normalized spacial score (nSPS) is 18.3. The molecule has 0 atom stereocenters. The molecule has 1 aliphatic carbocycles. The van der Waals surface area contributed by atoms with Crippen LogP contribution in [0.3, 0.4) is 0 Å². The fourth-order valence-electron chi connectivity index (χ4n) is 3.17. The van der Waals surface area contributed by atoms with Crippen molar-refractivity contribution in [3.05, 3.63) is 34.2 Å². The van der Waals surface area contributed by atoms with Crippen molar-refractivity contribution in [1.82, 2.24) is 4.98 Å². The van der Waals surface area contributed by atoms with E-state index in [-0.39, 0.29) is 5.91 Å². The number of hydrogen-bond donors (Lipinski definition) is 1. The second-order valence-corrected chi connectivity index (χ2v) is 6.54. The lowest BCUT2D eigenvalue weighted by atomic mass is 10.1. The molecule has 0 unspecified atom stereocenters. The molecular formula is C16H16N2OS. The Labute approximate surface area is 122 Å². The second kappa shape index (κ2) is 4.70. The van der Waals surface area contributed by atoms with Gasteiger partial charge in [-0.25, -0.2) is 4.98 Å². The summed E-state index contributed by atoms with van der Waals surface area (Å²) in [6.07, 6.45) is 5.74. The highest BCUT2D eigenvalue weighted by Gasteiger charge is 2.21. The molecule has 0 saturated heterocycles. The molecule has 4 rings (SSSR count). The number of hydrogen-bond acceptors (Lipinski definition) is 3. The Bertz CT molecular complexity index is 671. The lowest BCUT2D eigenvalue weighted by molar-refractivity contribution is -0.115. The van der Waals surface area contributed by atoms with E-state index in [2.05, 4.69) is 22.8 Å². The van der Waals surface area contributed by atoms with Gasteiger partial charge in [-0.2, -0.15) is 0 Å². The fraction of sp³-hybridized carbons (Fsp3) is 0.375. The fourth-order valence-corrected chi connectivity index (χ4v) is 4.17. The largest absolute Gasteiger partial charge is 0.326 e. The summed E-state index contributed by atoms with van der Waals surface area (Å²) in [4.78, 5) is 16.2. The number of carbonyl (C=O) groups is 1. The van der Waals surface area contributed by atoms with Crippen LogP contribution in [0.5, 0.6) is 0 Å². The summed E-state index contributed by atoms with van der Waals surface area (Å²) in [5.74, 6) is 0.758. The maximum atomic E-state index is 11.4. The van der Waals surface area contributed by atoms with Gasteiger partial charge >= 0.3 is 0 Å². The number of rotatable bonds is 2. The van der Waals surface area contributed by atoms with Crippen LogP contribution in [0, 0.1) is 0 Å². The molecule has 102 valence electrons. The molecule has 2 aliphatic rings. The van der Waals surface area contributed by atoms with Crippen LogP contribution >= 0.6 is 11.3 Å². The summed E-state index contributed by atoms with van der Waals surface area (Å²) in [6, 6.07) is 6.14. The van der Waals surface area contributed by atoms with Crippen LogP contribution in [-0.4, -0.2) is 10.9 Å². The first-order valence-corrected chi connectivity index (χ1v) is 8.06. The van der Waals surface area contributed by atoms with Crippen molar-refractivity contribution in [2.24, 2.45) is 0 Å². The summed E-state index contributed by atoms with van der Waals surface area (Å²) in [7, 11) is 0. The van der Waals surface area contributed by atoms with Crippen LogP contribution in [0.4, 0.5) is 5.69 Å². The number of fused-ring (bicyclic) bond motifs is 1. The molecule has 4 heteroatoms. The van der Waals surface area contributed by atoms with E-state index in [9.17, 15) is 4.79 Å². The molecule has 1 N–H and O–H groups in total. The van der Waals surface area contributed by atoms with Gasteiger partial charge in [-0.15, -0.1) is 11.3 Å². The van der Waals surface area contributed by atoms with Crippen LogP contribution < -0.4 is 5.32 Å². The summed E-state index contributed by atoms with van der Waals surface area (Å²) in [5, 5.41) is 6.31. The van der Waals surface area contributed by atoms with Gasteiger partial charge in [-0.3, -0.25) is 4.79 Å². The predicted octanol–water partition coefficient (Wildman–Crippen LogP) is 3.96. The number of nitrogens with zero attached hydrogens (tertiary/aromatic N) is 1. The molecule has 1 amide bonds. The average Bonchev–Trinajstić information content (AvgIpc) is 3.17. The highest BCUT2D eigenvalue weighted by molar-refractivity contribution is 7.10. The number of benzene rings is 1. The van der Waals surface area contributed by atoms with E-state index >= 15 is 0 Å². The van der Waals surface area contributed by atoms with Gasteiger partial charge in [-0.1, -0.05) is 18.9 Å². The van der Waals surface area contributed by atoms with Crippen LogP contribution in [0.1, 0.15) is 42.2 Å². The first kappa shape index (κ1) is 12.1. The van der Waals surface area contributed by atoms with Crippen molar-refractivity contribution < 1.29 is 4.79 Å². The van der Waals surface area contributed by atoms with E-state index in [4.69, 9.17) is 4.98 Å². The molecular weight excluding hydrogens is 268 g/mol. The lowest BCUT2D eigenvalue weighted by Crippen LogP contribution is -2.03. The highest BCUT2D eigenvalue weighted by Crippen LogP contribution is 2.37. The lowest BCUT2D eigenvalue weighted by Gasteiger charge is -2.04. The van der Waals surface area contributed by atoms with Crippen molar-refractivity contribution in [3.8, 4) is 11.3 Å². The predicted molar refractivity (Wildman–Crippen MR) is 81.1 cm³/mol. The first-order valence-electron chi connectivity index (χ1n) is 7.18.